The van der Waals surface area contributed by atoms with Crippen LogP contribution in [0.3, 0.4) is 0 Å². The molecule has 118 valence electrons. The van der Waals surface area contributed by atoms with Crippen molar-refractivity contribution in [3.05, 3.63) is 35.4 Å². The first-order valence-corrected chi connectivity index (χ1v) is 7.24. The first kappa shape index (κ1) is 17.5. The normalized spacial score (nSPS) is 13.3. The van der Waals surface area contributed by atoms with Crippen molar-refractivity contribution in [2.24, 2.45) is 4.99 Å². The van der Waals surface area contributed by atoms with Gasteiger partial charge in [-0.15, -0.1) is 0 Å². The SMILES string of the molecule is CN=C(NCc1ccccc1CN(C)C)NC(C)COC. The van der Waals surface area contributed by atoms with Crippen LogP contribution in [0.15, 0.2) is 29.3 Å². The summed E-state index contributed by atoms with van der Waals surface area (Å²) >= 11 is 0. The van der Waals surface area contributed by atoms with E-state index in [-0.39, 0.29) is 6.04 Å². The molecule has 1 atom stereocenters. The summed E-state index contributed by atoms with van der Waals surface area (Å²) in [6.45, 7) is 4.40. The molecule has 0 amide bonds. The van der Waals surface area contributed by atoms with E-state index in [4.69, 9.17) is 4.74 Å². The van der Waals surface area contributed by atoms with Crippen molar-refractivity contribution in [1.82, 2.24) is 15.5 Å². The second-order valence-corrected chi connectivity index (χ2v) is 5.43. The number of nitrogens with zero attached hydrogens (tertiary/aromatic N) is 2. The molecule has 0 aliphatic heterocycles. The number of ether oxygens (including phenoxy) is 1. The highest BCUT2D eigenvalue weighted by molar-refractivity contribution is 5.79. The Morgan fingerprint density at radius 1 is 1.29 bits per heavy atom. The lowest BCUT2D eigenvalue weighted by atomic mass is 10.1. The molecule has 1 aromatic carbocycles. The lowest BCUT2D eigenvalue weighted by molar-refractivity contribution is 0.179. The molecule has 0 spiro atoms. The van der Waals surface area contributed by atoms with Crippen molar-refractivity contribution >= 4 is 5.96 Å². The van der Waals surface area contributed by atoms with E-state index in [2.05, 4.69) is 65.8 Å². The first-order chi connectivity index (χ1) is 10.1. The molecule has 5 nitrogen and oxygen atoms in total. The third-order valence-corrected chi connectivity index (χ3v) is 3.07. The van der Waals surface area contributed by atoms with Gasteiger partial charge in [0.25, 0.3) is 0 Å². The van der Waals surface area contributed by atoms with E-state index in [1.54, 1.807) is 14.2 Å². The standard InChI is InChI=1S/C16H28N4O/c1-13(12-21-5)19-16(17-2)18-10-14-8-6-7-9-15(14)11-20(3)4/h6-9,13H,10-12H2,1-5H3,(H2,17,18,19). The van der Waals surface area contributed by atoms with Gasteiger partial charge in [-0.05, 0) is 32.1 Å². The maximum Gasteiger partial charge on any atom is 0.191 e. The highest BCUT2D eigenvalue weighted by Crippen LogP contribution is 2.10. The summed E-state index contributed by atoms with van der Waals surface area (Å²) in [6, 6.07) is 8.69. The number of hydrogen-bond donors (Lipinski definition) is 2. The number of methoxy groups -OCH3 is 1. The molecule has 0 bridgehead atoms. The van der Waals surface area contributed by atoms with E-state index in [0.717, 1.165) is 19.0 Å². The Labute approximate surface area is 128 Å². The van der Waals surface area contributed by atoms with Gasteiger partial charge in [-0.25, -0.2) is 0 Å². The van der Waals surface area contributed by atoms with Gasteiger partial charge in [-0.1, -0.05) is 24.3 Å². The Morgan fingerprint density at radius 3 is 2.52 bits per heavy atom. The summed E-state index contributed by atoms with van der Waals surface area (Å²) in [5, 5.41) is 6.66. The fourth-order valence-electron chi connectivity index (χ4n) is 2.12. The molecule has 0 aromatic heterocycles. The van der Waals surface area contributed by atoms with Crippen LogP contribution in [0.2, 0.25) is 0 Å². The zero-order valence-electron chi connectivity index (χ0n) is 13.8. The highest BCUT2D eigenvalue weighted by atomic mass is 16.5. The number of rotatable bonds is 7. The summed E-state index contributed by atoms with van der Waals surface area (Å²) in [7, 11) is 7.64. The van der Waals surface area contributed by atoms with Crippen LogP contribution in [-0.4, -0.2) is 51.8 Å². The van der Waals surface area contributed by atoms with Gasteiger partial charge in [0.05, 0.1) is 6.61 Å². The predicted molar refractivity (Wildman–Crippen MR) is 88.5 cm³/mol. The largest absolute Gasteiger partial charge is 0.383 e. The van der Waals surface area contributed by atoms with Crippen LogP contribution < -0.4 is 10.6 Å². The molecule has 1 aromatic rings. The quantitative estimate of drug-likeness (QED) is 0.590. The Hall–Kier alpha value is -1.59. The summed E-state index contributed by atoms with van der Waals surface area (Å²) in [5.41, 5.74) is 2.61. The van der Waals surface area contributed by atoms with Crippen molar-refractivity contribution in [3.63, 3.8) is 0 Å². The molecule has 1 unspecified atom stereocenters. The van der Waals surface area contributed by atoms with Crippen molar-refractivity contribution in [1.29, 1.82) is 0 Å². The monoisotopic (exact) mass is 292 g/mol. The average Bonchev–Trinajstić information content (AvgIpc) is 2.44. The molecule has 0 radical (unpaired) electrons. The number of nitrogens with one attached hydrogen (secondary N) is 2. The highest BCUT2D eigenvalue weighted by Gasteiger charge is 2.06. The summed E-state index contributed by atoms with van der Waals surface area (Å²) in [4.78, 5) is 6.42. The summed E-state index contributed by atoms with van der Waals surface area (Å²) < 4.78 is 5.12. The number of aliphatic imine (C=N–C) groups is 1. The minimum atomic E-state index is 0.221. The maximum atomic E-state index is 5.12. The van der Waals surface area contributed by atoms with Crippen LogP contribution in [-0.2, 0) is 17.8 Å². The molecule has 5 heteroatoms. The summed E-state index contributed by atoms with van der Waals surface area (Å²) in [6.07, 6.45) is 0. The second kappa shape index (κ2) is 9.37. The molecule has 2 N–H and O–H groups in total. The van der Waals surface area contributed by atoms with E-state index >= 15 is 0 Å². The Balaban J connectivity index is 2.61. The lowest BCUT2D eigenvalue weighted by Crippen LogP contribution is -2.43. The van der Waals surface area contributed by atoms with E-state index in [1.165, 1.54) is 11.1 Å². The Kier molecular flexibility index (Phi) is 7.79. The molecular weight excluding hydrogens is 264 g/mol. The molecule has 1 rings (SSSR count). The van der Waals surface area contributed by atoms with Gasteiger partial charge < -0.3 is 20.3 Å². The predicted octanol–water partition coefficient (Wildman–Crippen LogP) is 1.45. The van der Waals surface area contributed by atoms with E-state index in [0.29, 0.717) is 6.61 Å². The Morgan fingerprint density at radius 2 is 1.95 bits per heavy atom. The molecule has 0 saturated carbocycles. The van der Waals surface area contributed by atoms with Gasteiger partial charge in [0, 0.05) is 33.3 Å². The van der Waals surface area contributed by atoms with Crippen LogP contribution >= 0.6 is 0 Å². The van der Waals surface area contributed by atoms with Gasteiger partial charge in [0.2, 0.25) is 0 Å². The topological polar surface area (TPSA) is 48.9 Å². The molecule has 21 heavy (non-hydrogen) atoms. The zero-order chi connectivity index (χ0) is 15.7. The van der Waals surface area contributed by atoms with Gasteiger partial charge in [-0.2, -0.15) is 0 Å². The van der Waals surface area contributed by atoms with Crippen LogP contribution in [0.4, 0.5) is 0 Å². The van der Waals surface area contributed by atoms with E-state index in [9.17, 15) is 0 Å². The van der Waals surface area contributed by atoms with Crippen molar-refractivity contribution in [3.8, 4) is 0 Å². The number of guanidine groups is 1. The molecule has 0 saturated heterocycles. The van der Waals surface area contributed by atoms with Crippen LogP contribution in [0.5, 0.6) is 0 Å². The van der Waals surface area contributed by atoms with Gasteiger partial charge in [-0.3, -0.25) is 4.99 Å². The number of hydrogen-bond acceptors (Lipinski definition) is 3. The van der Waals surface area contributed by atoms with Crippen molar-refractivity contribution < 1.29 is 4.74 Å². The Bertz CT molecular complexity index is 446. The third-order valence-electron chi connectivity index (χ3n) is 3.07. The zero-order valence-corrected chi connectivity index (χ0v) is 13.8. The van der Waals surface area contributed by atoms with Gasteiger partial charge in [0.15, 0.2) is 5.96 Å². The molecule has 0 aliphatic rings. The van der Waals surface area contributed by atoms with Crippen molar-refractivity contribution in [2.75, 3.05) is 34.9 Å². The number of benzene rings is 1. The first-order valence-electron chi connectivity index (χ1n) is 7.24. The second-order valence-electron chi connectivity index (χ2n) is 5.43. The smallest absolute Gasteiger partial charge is 0.191 e. The average molecular weight is 292 g/mol. The molecule has 0 aliphatic carbocycles. The van der Waals surface area contributed by atoms with Crippen LogP contribution in [0, 0.1) is 0 Å². The fourth-order valence-corrected chi connectivity index (χ4v) is 2.12. The lowest BCUT2D eigenvalue weighted by Gasteiger charge is -2.19. The molecule has 0 heterocycles. The van der Waals surface area contributed by atoms with Gasteiger partial charge in [0.1, 0.15) is 0 Å². The van der Waals surface area contributed by atoms with E-state index < -0.39 is 0 Å². The van der Waals surface area contributed by atoms with Gasteiger partial charge >= 0.3 is 0 Å². The minimum absolute atomic E-state index is 0.221. The maximum absolute atomic E-state index is 5.12. The summed E-state index contributed by atoms with van der Waals surface area (Å²) in [5.74, 6) is 0.791. The minimum Gasteiger partial charge on any atom is -0.383 e. The fraction of sp³-hybridized carbons (Fsp3) is 0.562. The molecular formula is C16H28N4O. The third kappa shape index (κ3) is 6.60. The molecule has 0 fully saturated rings. The van der Waals surface area contributed by atoms with Crippen molar-refractivity contribution in [2.45, 2.75) is 26.1 Å². The van der Waals surface area contributed by atoms with E-state index in [1.807, 2.05) is 0 Å². The van der Waals surface area contributed by atoms with Crippen LogP contribution in [0.1, 0.15) is 18.1 Å². The van der Waals surface area contributed by atoms with Crippen LogP contribution in [0.25, 0.3) is 0 Å².